The Bertz CT molecular complexity index is 1660. The van der Waals surface area contributed by atoms with Crippen LogP contribution in [0.2, 0.25) is 39.3 Å². The molecule has 4 aromatic rings. The average molecular weight is 821 g/mol. The van der Waals surface area contributed by atoms with Gasteiger partial charge in [0.25, 0.3) is 0 Å². The maximum atomic E-state index is 3.76. The molecule has 2 aromatic heterocycles. The topological polar surface area (TPSA) is 31.6 Å². The minimum atomic E-state index is -1.69. The summed E-state index contributed by atoms with van der Waals surface area (Å²) in [6.07, 6.45) is 24.6. The van der Waals surface area contributed by atoms with Gasteiger partial charge in [-0.25, -0.2) is 18.2 Å². The molecule has 12 rings (SSSR count). The van der Waals surface area contributed by atoms with Gasteiger partial charge in [0, 0.05) is 37.0 Å². The molecule has 0 amide bonds. The third kappa shape index (κ3) is 6.84. The summed E-state index contributed by atoms with van der Waals surface area (Å²) in [7, 11) is 0.00782. The van der Waals surface area contributed by atoms with Crippen molar-refractivity contribution < 1.29 is 17.1 Å². The smallest absolute Gasteiger partial charge is 0.365 e. The quantitative estimate of drug-likeness (QED) is 0.0958. The zero-order valence-electron chi connectivity index (χ0n) is 33.5. The Morgan fingerprint density at radius 1 is 0.717 bits per heavy atom. The summed E-state index contributed by atoms with van der Waals surface area (Å²) in [6.45, 7) is 16.0. The molecule has 0 aliphatic heterocycles. The maximum absolute atomic E-state index is 3.76. The molecular weight excluding hydrogens is 754 g/mol. The number of aromatic amines is 2. The molecule has 0 saturated heterocycles. The summed E-state index contributed by atoms with van der Waals surface area (Å²) in [5.41, 5.74) is 6.10. The van der Waals surface area contributed by atoms with Crippen LogP contribution >= 0.6 is 17.2 Å². The molecule has 286 valence electrons. The molecular formula is C46H66FeN2P2Si2. The molecule has 0 radical (unpaired) electrons. The van der Waals surface area contributed by atoms with Crippen molar-refractivity contribution in [2.45, 2.75) is 138 Å². The van der Waals surface area contributed by atoms with Crippen molar-refractivity contribution in [3.05, 3.63) is 95.6 Å². The molecule has 8 fully saturated rings. The largest absolute Gasteiger partial charge is 2.00 e. The summed E-state index contributed by atoms with van der Waals surface area (Å²) in [4.78, 5) is 7.51. The minimum absolute atomic E-state index is 0. The Morgan fingerprint density at radius 2 is 1.13 bits per heavy atom. The predicted octanol–water partition coefficient (Wildman–Crippen LogP) is 11.6. The van der Waals surface area contributed by atoms with Crippen LogP contribution in [-0.2, 0) is 28.4 Å². The van der Waals surface area contributed by atoms with Gasteiger partial charge in [-0.3, -0.25) is 0 Å². The molecule has 2 N–H and O–H groups in total. The predicted molar refractivity (Wildman–Crippen MR) is 234 cm³/mol. The van der Waals surface area contributed by atoms with Crippen molar-refractivity contribution in [1.82, 2.24) is 9.97 Å². The first-order valence-electron chi connectivity index (χ1n) is 21.1. The number of hydrogen-bond acceptors (Lipinski definition) is 0. The fourth-order valence-electron chi connectivity index (χ4n) is 14.3. The Balaban J connectivity index is 0.000000618. The van der Waals surface area contributed by atoms with Crippen LogP contribution in [0.4, 0.5) is 0 Å². The van der Waals surface area contributed by atoms with Gasteiger partial charge in [0.2, 0.25) is 0 Å². The van der Waals surface area contributed by atoms with Crippen LogP contribution in [0.5, 0.6) is 0 Å². The SMILES string of the molecule is C[Si](C)(C)c1cc(C(P)(c2ccc[nH]2)c2ccc[nH]2)c(CP(C23CC4CC(CC(C4)C2)C3)C23CC4CC(CC(C4)C2)C3)[c-]1[Si](C)(C)C.[Fe+2].c1cc[cH-]c1. The first-order chi connectivity index (χ1) is 24.8. The molecule has 8 aliphatic rings. The summed E-state index contributed by atoms with van der Waals surface area (Å²) in [5, 5.41) is 4.67. The van der Waals surface area contributed by atoms with Gasteiger partial charge in [-0.1, -0.05) is 47.2 Å². The molecule has 8 aliphatic carbocycles. The van der Waals surface area contributed by atoms with Gasteiger partial charge in [0.05, 0.1) is 8.07 Å². The van der Waals surface area contributed by atoms with E-state index < -0.39 is 16.1 Å². The number of aromatic nitrogens is 2. The second kappa shape index (κ2) is 14.2. The third-order valence-corrected chi connectivity index (χ3v) is 24.5. The van der Waals surface area contributed by atoms with Crippen LogP contribution < -0.4 is 10.4 Å². The molecule has 2 nitrogen and oxygen atoms in total. The number of rotatable bonds is 9. The normalized spacial score (nSPS) is 33.4. The Hall–Kier alpha value is -0.927. The zero-order chi connectivity index (χ0) is 36.1. The molecule has 1 atom stereocenters. The zero-order valence-corrected chi connectivity index (χ0v) is 38.6. The molecule has 7 heteroatoms. The van der Waals surface area contributed by atoms with E-state index in [1.54, 1.807) is 87.8 Å². The summed E-state index contributed by atoms with van der Waals surface area (Å²) in [5.74, 6) is 6.21. The Kier molecular flexibility index (Phi) is 10.4. The van der Waals surface area contributed by atoms with Gasteiger partial charge < -0.3 is 9.97 Å². The van der Waals surface area contributed by atoms with Gasteiger partial charge >= 0.3 is 17.1 Å². The fourth-order valence-corrected chi connectivity index (χ4v) is 26.0. The maximum Gasteiger partial charge on any atom is 2.00 e. The van der Waals surface area contributed by atoms with Crippen molar-refractivity contribution in [3.63, 3.8) is 0 Å². The van der Waals surface area contributed by atoms with Crippen molar-refractivity contribution in [2.24, 2.45) is 35.5 Å². The molecule has 1 unspecified atom stereocenters. The monoisotopic (exact) mass is 820 g/mol. The van der Waals surface area contributed by atoms with E-state index in [1.165, 1.54) is 17.5 Å². The molecule has 53 heavy (non-hydrogen) atoms. The molecule has 8 saturated carbocycles. The Morgan fingerprint density at radius 3 is 1.43 bits per heavy atom. The first-order valence-corrected chi connectivity index (χ1v) is 30.2. The van der Waals surface area contributed by atoms with Gasteiger partial charge in [-0.2, -0.15) is 39.7 Å². The number of nitrogens with one attached hydrogen (secondary N) is 2. The van der Waals surface area contributed by atoms with Crippen LogP contribution in [0.15, 0.2) is 73.1 Å². The van der Waals surface area contributed by atoms with Crippen molar-refractivity contribution >= 4 is 43.7 Å². The summed E-state index contributed by atoms with van der Waals surface area (Å²) in [6, 6.07) is 21.9. The van der Waals surface area contributed by atoms with E-state index in [-0.39, 0.29) is 30.1 Å². The van der Waals surface area contributed by atoms with Crippen LogP contribution in [0.3, 0.4) is 0 Å². The molecule has 0 spiro atoms. The van der Waals surface area contributed by atoms with Gasteiger partial charge in [-0.15, -0.1) is 9.24 Å². The fraction of sp³-hybridized carbons (Fsp3) is 0.609. The van der Waals surface area contributed by atoms with Crippen LogP contribution in [0.25, 0.3) is 0 Å². The van der Waals surface area contributed by atoms with Crippen LogP contribution in [-0.4, -0.2) is 36.4 Å². The van der Waals surface area contributed by atoms with E-state index in [9.17, 15) is 0 Å². The first kappa shape index (κ1) is 38.9. The average Bonchev–Trinajstić information content (AvgIpc) is 3.89. The van der Waals surface area contributed by atoms with E-state index in [0.717, 1.165) is 35.5 Å². The number of H-pyrrole nitrogens is 2. The Labute approximate surface area is 337 Å². The van der Waals surface area contributed by atoms with Crippen LogP contribution in [0, 0.1) is 35.5 Å². The van der Waals surface area contributed by atoms with Gasteiger partial charge in [0.15, 0.2) is 0 Å². The second-order valence-corrected chi connectivity index (χ2v) is 35.1. The standard InChI is InChI=1S/C41H61N2P2Si2.C5H5.Fe/c1-46(2,3)35-19-34(41(44,36-9-7-11-42-36)37-10-8-12-43-37)33(38(35)47(4,5)6)26-45(39-20-27-13-28(21-39)15-29(14-27)22-39)40-23-30-16-31(24-40)18-32(17-30)25-40;1-2-4-5-3-1;/h7-12,19,27-32,42-43H,13-18,20-26,44H2,1-6H3;1-5H;/q2*-1;+2. The summed E-state index contributed by atoms with van der Waals surface area (Å²) < 4.78 is 0. The van der Waals surface area contributed by atoms with E-state index in [0.29, 0.717) is 10.3 Å². The van der Waals surface area contributed by atoms with E-state index in [1.807, 2.05) is 41.1 Å². The summed E-state index contributed by atoms with van der Waals surface area (Å²) >= 11 is 0. The number of hydrogen-bond donors (Lipinski definition) is 2. The van der Waals surface area contributed by atoms with Crippen LogP contribution in [0.1, 0.15) is 99.6 Å². The third-order valence-electron chi connectivity index (χ3n) is 15.2. The molecule has 2 aromatic carbocycles. The molecule has 8 bridgehead atoms. The second-order valence-electron chi connectivity index (χ2n) is 21.1. The van der Waals surface area contributed by atoms with Crippen molar-refractivity contribution in [2.75, 3.05) is 0 Å². The van der Waals surface area contributed by atoms with Crippen molar-refractivity contribution in [3.8, 4) is 0 Å². The molecule has 2 heterocycles. The van der Waals surface area contributed by atoms with E-state index >= 15 is 0 Å². The van der Waals surface area contributed by atoms with E-state index in [2.05, 4.69) is 101 Å². The van der Waals surface area contributed by atoms with E-state index in [4.69, 9.17) is 0 Å². The van der Waals surface area contributed by atoms with Gasteiger partial charge in [-0.05, 0) is 153 Å². The van der Waals surface area contributed by atoms with Crippen molar-refractivity contribution in [1.29, 1.82) is 0 Å². The minimum Gasteiger partial charge on any atom is -0.365 e. The van der Waals surface area contributed by atoms with Gasteiger partial charge in [0.1, 0.15) is 0 Å².